The SMILES string of the molecule is NC(=S)CN1CCC(NC(=O)Nc2ccccc2F)CC1. The number of carbonyl (C=O) groups is 1. The lowest BCUT2D eigenvalue weighted by atomic mass is 10.1. The van der Waals surface area contributed by atoms with Crippen molar-refractivity contribution in [2.75, 3.05) is 25.0 Å². The number of likely N-dealkylation sites (tertiary alicyclic amines) is 1. The number of nitrogens with two attached hydrogens (primary N) is 1. The zero-order valence-electron chi connectivity index (χ0n) is 11.6. The molecule has 1 aromatic carbocycles. The molecular weight excluding hydrogens is 291 g/mol. The van der Waals surface area contributed by atoms with Gasteiger partial charge in [-0.1, -0.05) is 24.4 Å². The molecule has 1 saturated heterocycles. The average Bonchev–Trinajstić information content (AvgIpc) is 2.43. The van der Waals surface area contributed by atoms with Gasteiger partial charge >= 0.3 is 6.03 Å². The molecule has 0 atom stereocenters. The summed E-state index contributed by atoms with van der Waals surface area (Å²) in [5.74, 6) is -0.445. The first-order valence-corrected chi connectivity index (χ1v) is 7.28. The molecule has 2 amide bonds. The number of thiocarbonyl (C=S) groups is 1. The van der Waals surface area contributed by atoms with Crippen LogP contribution in [0.4, 0.5) is 14.9 Å². The molecule has 1 heterocycles. The highest BCUT2D eigenvalue weighted by Crippen LogP contribution is 2.13. The number of para-hydroxylation sites is 1. The fraction of sp³-hybridized carbons (Fsp3) is 0.429. The van der Waals surface area contributed by atoms with E-state index in [2.05, 4.69) is 15.5 Å². The summed E-state index contributed by atoms with van der Waals surface area (Å²) in [6.07, 6.45) is 1.65. The normalized spacial score (nSPS) is 16.4. The van der Waals surface area contributed by atoms with Gasteiger partial charge in [-0.05, 0) is 25.0 Å². The number of hydrogen-bond donors (Lipinski definition) is 3. The molecule has 7 heteroatoms. The molecule has 1 aromatic rings. The second kappa shape index (κ2) is 7.33. The number of urea groups is 1. The molecule has 0 radical (unpaired) electrons. The third-order valence-electron chi connectivity index (χ3n) is 3.42. The number of rotatable bonds is 4. The lowest BCUT2D eigenvalue weighted by Crippen LogP contribution is -2.47. The van der Waals surface area contributed by atoms with Gasteiger partial charge in [0.1, 0.15) is 5.82 Å². The lowest BCUT2D eigenvalue weighted by Gasteiger charge is -2.31. The summed E-state index contributed by atoms with van der Waals surface area (Å²) in [6.45, 7) is 2.29. The standard InChI is InChI=1S/C14H19FN4OS/c15-11-3-1-2-4-12(11)18-14(20)17-10-5-7-19(8-6-10)9-13(16)21/h1-4,10H,5-9H2,(H2,16,21)(H2,17,18,20). The maximum absolute atomic E-state index is 13.4. The molecule has 0 saturated carbocycles. The zero-order chi connectivity index (χ0) is 15.2. The van der Waals surface area contributed by atoms with Gasteiger partial charge in [0, 0.05) is 25.7 Å². The molecule has 21 heavy (non-hydrogen) atoms. The van der Waals surface area contributed by atoms with Crippen molar-refractivity contribution in [2.45, 2.75) is 18.9 Å². The van der Waals surface area contributed by atoms with Crippen LogP contribution in [0.2, 0.25) is 0 Å². The van der Waals surface area contributed by atoms with Crippen molar-refractivity contribution in [3.63, 3.8) is 0 Å². The fourth-order valence-electron chi connectivity index (χ4n) is 2.36. The van der Waals surface area contributed by atoms with E-state index in [1.807, 2.05) is 0 Å². The quantitative estimate of drug-likeness (QED) is 0.740. The minimum atomic E-state index is -0.445. The van der Waals surface area contributed by atoms with Crippen LogP contribution in [0.3, 0.4) is 0 Å². The molecule has 114 valence electrons. The Kier molecular flexibility index (Phi) is 5.46. The van der Waals surface area contributed by atoms with Crippen molar-refractivity contribution in [1.29, 1.82) is 0 Å². The number of carbonyl (C=O) groups excluding carboxylic acids is 1. The highest BCUT2D eigenvalue weighted by molar-refractivity contribution is 7.80. The Morgan fingerprint density at radius 2 is 2.05 bits per heavy atom. The van der Waals surface area contributed by atoms with Crippen molar-refractivity contribution in [2.24, 2.45) is 5.73 Å². The first-order valence-electron chi connectivity index (χ1n) is 6.87. The first kappa shape index (κ1) is 15.7. The topological polar surface area (TPSA) is 70.4 Å². The van der Waals surface area contributed by atoms with E-state index in [1.54, 1.807) is 12.1 Å². The van der Waals surface area contributed by atoms with E-state index < -0.39 is 5.82 Å². The van der Waals surface area contributed by atoms with Crippen LogP contribution in [0.1, 0.15) is 12.8 Å². The second-order valence-corrected chi connectivity index (χ2v) is 5.62. The first-order chi connectivity index (χ1) is 10.0. The Bertz CT molecular complexity index is 517. The van der Waals surface area contributed by atoms with Crippen LogP contribution in [-0.4, -0.2) is 41.6 Å². The van der Waals surface area contributed by atoms with Gasteiger partial charge in [-0.2, -0.15) is 0 Å². The minimum Gasteiger partial charge on any atom is -0.392 e. The molecule has 1 aliphatic rings. The molecule has 1 fully saturated rings. The summed E-state index contributed by atoms with van der Waals surface area (Å²) in [4.78, 5) is 14.5. The summed E-state index contributed by atoms with van der Waals surface area (Å²) in [7, 11) is 0. The van der Waals surface area contributed by atoms with Gasteiger partial charge in [-0.3, -0.25) is 4.90 Å². The zero-order valence-corrected chi connectivity index (χ0v) is 12.5. The van der Waals surface area contributed by atoms with Crippen LogP contribution >= 0.6 is 12.2 Å². The van der Waals surface area contributed by atoms with Crippen molar-refractivity contribution in [1.82, 2.24) is 10.2 Å². The van der Waals surface area contributed by atoms with E-state index >= 15 is 0 Å². The molecule has 4 N–H and O–H groups in total. The molecule has 0 aliphatic carbocycles. The number of anilines is 1. The van der Waals surface area contributed by atoms with Gasteiger partial charge in [-0.25, -0.2) is 9.18 Å². The summed E-state index contributed by atoms with van der Waals surface area (Å²) >= 11 is 4.88. The van der Waals surface area contributed by atoms with E-state index in [4.69, 9.17) is 18.0 Å². The van der Waals surface area contributed by atoms with Crippen LogP contribution in [0.25, 0.3) is 0 Å². The van der Waals surface area contributed by atoms with Crippen molar-refractivity contribution >= 4 is 28.9 Å². The molecular formula is C14H19FN4OS. The van der Waals surface area contributed by atoms with Gasteiger partial charge in [0.15, 0.2) is 0 Å². The fourth-order valence-corrected chi connectivity index (χ4v) is 2.54. The molecule has 0 aromatic heterocycles. The summed E-state index contributed by atoms with van der Waals surface area (Å²) in [5.41, 5.74) is 5.69. The van der Waals surface area contributed by atoms with E-state index in [0.29, 0.717) is 11.5 Å². The monoisotopic (exact) mass is 310 g/mol. The van der Waals surface area contributed by atoms with Crippen molar-refractivity contribution in [3.8, 4) is 0 Å². The number of piperidine rings is 1. The predicted molar refractivity (Wildman–Crippen MR) is 84.8 cm³/mol. The molecule has 2 rings (SSSR count). The van der Waals surface area contributed by atoms with Crippen LogP contribution in [0.15, 0.2) is 24.3 Å². The van der Waals surface area contributed by atoms with Crippen LogP contribution < -0.4 is 16.4 Å². The molecule has 0 unspecified atom stereocenters. The Morgan fingerprint density at radius 1 is 1.38 bits per heavy atom. The third kappa shape index (κ3) is 4.95. The average molecular weight is 310 g/mol. The lowest BCUT2D eigenvalue weighted by molar-refractivity contribution is 0.213. The van der Waals surface area contributed by atoms with Crippen molar-refractivity contribution in [3.05, 3.63) is 30.1 Å². The predicted octanol–water partition coefficient (Wildman–Crippen LogP) is 1.70. The maximum Gasteiger partial charge on any atom is 0.319 e. The molecule has 5 nitrogen and oxygen atoms in total. The largest absolute Gasteiger partial charge is 0.392 e. The highest BCUT2D eigenvalue weighted by atomic mass is 32.1. The van der Waals surface area contributed by atoms with Gasteiger partial charge < -0.3 is 16.4 Å². The molecule has 1 aliphatic heterocycles. The smallest absolute Gasteiger partial charge is 0.319 e. The van der Waals surface area contributed by atoms with E-state index in [0.717, 1.165) is 25.9 Å². The maximum atomic E-state index is 13.4. The third-order valence-corrected chi connectivity index (χ3v) is 3.55. The Morgan fingerprint density at radius 3 is 2.67 bits per heavy atom. The number of nitrogens with zero attached hydrogens (tertiary/aromatic N) is 1. The Labute approximate surface area is 128 Å². The summed E-state index contributed by atoms with van der Waals surface area (Å²) < 4.78 is 13.4. The van der Waals surface area contributed by atoms with Crippen molar-refractivity contribution < 1.29 is 9.18 Å². The Balaban J connectivity index is 1.77. The summed E-state index contributed by atoms with van der Waals surface area (Å²) in [5, 5.41) is 5.38. The second-order valence-electron chi connectivity index (χ2n) is 5.10. The highest BCUT2D eigenvalue weighted by Gasteiger charge is 2.21. The van der Waals surface area contributed by atoms with Gasteiger partial charge in [0.05, 0.1) is 10.7 Å². The van der Waals surface area contributed by atoms with Gasteiger partial charge in [0.2, 0.25) is 0 Å². The van der Waals surface area contributed by atoms with E-state index in [1.165, 1.54) is 12.1 Å². The minimum absolute atomic E-state index is 0.0827. The Hall–Kier alpha value is -1.73. The van der Waals surface area contributed by atoms with Crippen LogP contribution in [-0.2, 0) is 0 Å². The number of benzene rings is 1. The number of hydrogen-bond acceptors (Lipinski definition) is 3. The number of nitrogens with one attached hydrogen (secondary N) is 2. The summed E-state index contributed by atoms with van der Waals surface area (Å²) in [6, 6.07) is 5.79. The number of amides is 2. The van der Waals surface area contributed by atoms with E-state index in [9.17, 15) is 9.18 Å². The van der Waals surface area contributed by atoms with Crippen LogP contribution in [0.5, 0.6) is 0 Å². The van der Waals surface area contributed by atoms with E-state index in [-0.39, 0.29) is 17.8 Å². The van der Waals surface area contributed by atoms with Gasteiger partial charge in [-0.15, -0.1) is 0 Å². The van der Waals surface area contributed by atoms with Gasteiger partial charge in [0.25, 0.3) is 0 Å². The van der Waals surface area contributed by atoms with Crippen LogP contribution in [0, 0.1) is 5.82 Å². The number of halogens is 1. The molecule has 0 spiro atoms. The molecule has 0 bridgehead atoms.